The number of aromatic nitrogens is 2. The molecule has 0 aliphatic rings. The third-order valence-corrected chi connectivity index (χ3v) is 1.91. The Bertz CT molecular complexity index is 324. The fraction of sp³-hybridized carbons (Fsp3) is 0.700. The third-order valence-electron chi connectivity index (χ3n) is 1.91. The van der Waals surface area contributed by atoms with Crippen LogP contribution in [0.5, 0.6) is 0 Å². The molecule has 0 amide bonds. The van der Waals surface area contributed by atoms with Crippen molar-refractivity contribution in [2.45, 2.75) is 19.3 Å². The zero-order valence-corrected chi connectivity index (χ0v) is 9.56. The fourth-order valence-electron chi connectivity index (χ4n) is 1.22. The quantitative estimate of drug-likeness (QED) is 0.600. The van der Waals surface area contributed by atoms with Gasteiger partial charge in [-0.05, 0) is 6.42 Å². The topological polar surface area (TPSA) is 74.5 Å². The lowest BCUT2D eigenvalue weighted by atomic mass is 10.3. The SMILES string of the molecule is COCCCc1noc(CC(=O)COC)n1. The minimum absolute atomic E-state index is 0.0708. The van der Waals surface area contributed by atoms with Crippen LogP contribution < -0.4 is 0 Å². The minimum atomic E-state index is -0.0745. The van der Waals surface area contributed by atoms with E-state index in [4.69, 9.17) is 14.0 Å². The van der Waals surface area contributed by atoms with Crippen molar-refractivity contribution in [1.29, 1.82) is 0 Å². The lowest BCUT2D eigenvalue weighted by Crippen LogP contribution is -2.09. The molecule has 1 aromatic rings. The molecule has 6 nitrogen and oxygen atoms in total. The molecule has 0 unspecified atom stereocenters. The van der Waals surface area contributed by atoms with Crippen molar-refractivity contribution in [2.75, 3.05) is 27.4 Å². The van der Waals surface area contributed by atoms with Crippen LogP contribution in [0.4, 0.5) is 0 Å². The molecule has 0 aliphatic carbocycles. The molecule has 1 aromatic heterocycles. The van der Waals surface area contributed by atoms with Gasteiger partial charge in [0, 0.05) is 27.2 Å². The van der Waals surface area contributed by atoms with Crippen LogP contribution in [0, 0.1) is 0 Å². The van der Waals surface area contributed by atoms with E-state index in [2.05, 4.69) is 10.1 Å². The molecule has 0 radical (unpaired) electrons. The highest BCUT2D eigenvalue weighted by Crippen LogP contribution is 2.02. The van der Waals surface area contributed by atoms with E-state index in [-0.39, 0.29) is 18.8 Å². The molecule has 0 aromatic carbocycles. The Morgan fingerprint density at radius 2 is 2.19 bits per heavy atom. The van der Waals surface area contributed by atoms with Gasteiger partial charge in [0.2, 0.25) is 5.89 Å². The highest BCUT2D eigenvalue weighted by atomic mass is 16.5. The van der Waals surface area contributed by atoms with Gasteiger partial charge in [0.25, 0.3) is 0 Å². The van der Waals surface area contributed by atoms with Gasteiger partial charge in [0.05, 0.1) is 6.42 Å². The number of carbonyl (C=O) groups excluding carboxylic acids is 1. The van der Waals surface area contributed by atoms with E-state index in [1.807, 2.05) is 0 Å². The molecule has 0 bridgehead atoms. The molecule has 0 aliphatic heterocycles. The molecular formula is C10H16N2O4. The molecule has 1 heterocycles. The second-order valence-corrected chi connectivity index (χ2v) is 3.35. The third kappa shape index (κ3) is 4.50. The number of hydrogen-bond donors (Lipinski definition) is 0. The van der Waals surface area contributed by atoms with Gasteiger partial charge in [-0.1, -0.05) is 5.16 Å². The summed E-state index contributed by atoms with van der Waals surface area (Å²) in [6.07, 6.45) is 1.66. The molecule has 0 saturated heterocycles. The van der Waals surface area contributed by atoms with Gasteiger partial charge >= 0.3 is 0 Å². The van der Waals surface area contributed by atoms with E-state index in [0.29, 0.717) is 24.7 Å². The number of methoxy groups -OCH3 is 2. The second kappa shape index (κ2) is 7.08. The van der Waals surface area contributed by atoms with Crippen LogP contribution in [0.2, 0.25) is 0 Å². The molecule has 0 spiro atoms. The smallest absolute Gasteiger partial charge is 0.234 e. The molecule has 16 heavy (non-hydrogen) atoms. The van der Waals surface area contributed by atoms with Gasteiger partial charge in [0.15, 0.2) is 11.6 Å². The molecule has 0 saturated carbocycles. The van der Waals surface area contributed by atoms with Crippen LogP contribution >= 0.6 is 0 Å². The Hall–Kier alpha value is -1.27. The minimum Gasteiger partial charge on any atom is -0.385 e. The van der Waals surface area contributed by atoms with Crippen molar-refractivity contribution >= 4 is 5.78 Å². The zero-order chi connectivity index (χ0) is 11.8. The first-order chi connectivity index (χ1) is 7.76. The summed E-state index contributed by atoms with van der Waals surface area (Å²) in [6, 6.07) is 0. The summed E-state index contributed by atoms with van der Waals surface area (Å²) in [7, 11) is 3.12. The first kappa shape index (κ1) is 12.8. The molecule has 0 atom stereocenters. The number of Topliss-reactive ketones (excluding diaryl/α,β-unsaturated/α-hetero) is 1. The molecule has 90 valence electrons. The average Bonchev–Trinajstić information content (AvgIpc) is 2.66. The van der Waals surface area contributed by atoms with Crippen molar-refractivity contribution in [3.05, 3.63) is 11.7 Å². The number of nitrogens with zero attached hydrogens (tertiary/aromatic N) is 2. The van der Waals surface area contributed by atoms with Crippen LogP contribution in [-0.2, 0) is 27.1 Å². The van der Waals surface area contributed by atoms with E-state index >= 15 is 0 Å². The van der Waals surface area contributed by atoms with Crippen molar-refractivity contribution < 1.29 is 18.8 Å². The van der Waals surface area contributed by atoms with E-state index in [0.717, 1.165) is 6.42 Å². The Morgan fingerprint density at radius 1 is 1.38 bits per heavy atom. The van der Waals surface area contributed by atoms with Crippen LogP contribution in [0.3, 0.4) is 0 Å². The van der Waals surface area contributed by atoms with Crippen molar-refractivity contribution in [1.82, 2.24) is 10.1 Å². The summed E-state index contributed by atoms with van der Waals surface area (Å²) >= 11 is 0. The van der Waals surface area contributed by atoms with Gasteiger partial charge in [0.1, 0.15) is 6.61 Å². The largest absolute Gasteiger partial charge is 0.385 e. The maximum atomic E-state index is 11.2. The van der Waals surface area contributed by atoms with Gasteiger partial charge in [-0.25, -0.2) is 0 Å². The number of rotatable bonds is 8. The maximum Gasteiger partial charge on any atom is 0.234 e. The lowest BCUT2D eigenvalue weighted by molar-refractivity contribution is -0.122. The zero-order valence-electron chi connectivity index (χ0n) is 9.56. The van der Waals surface area contributed by atoms with Crippen LogP contribution in [0.1, 0.15) is 18.1 Å². The summed E-state index contributed by atoms with van der Waals surface area (Å²) < 4.78 is 14.6. The van der Waals surface area contributed by atoms with Gasteiger partial charge in [-0.3, -0.25) is 4.79 Å². The molecular weight excluding hydrogens is 212 g/mol. The molecule has 0 N–H and O–H groups in total. The Labute approximate surface area is 93.9 Å². The lowest BCUT2D eigenvalue weighted by Gasteiger charge is -1.94. The standard InChI is InChI=1S/C10H16N2O4/c1-14-5-3-4-9-11-10(16-12-9)6-8(13)7-15-2/h3-7H2,1-2H3. The average molecular weight is 228 g/mol. The number of hydrogen-bond acceptors (Lipinski definition) is 6. The van der Waals surface area contributed by atoms with Crippen LogP contribution in [-0.4, -0.2) is 43.4 Å². The first-order valence-electron chi connectivity index (χ1n) is 5.07. The highest BCUT2D eigenvalue weighted by Gasteiger charge is 2.10. The Morgan fingerprint density at radius 3 is 2.88 bits per heavy atom. The van der Waals surface area contributed by atoms with Crippen molar-refractivity contribution in [3.8, 4) is 0 Å². The van der Waals surface area contributed by atoms with E-state index in [1.54, 1.807) is 7.11 Å². The van der Waals surface area contributed by atoms with Crippen molar-refractivity contribution in [3.63, 3.8) is 0 Å². The normalized spacial score (nSPS) is 10.6. The number of carbonyl (C=O) groups is 1. The van der Waals surface area contributed by atoms with Crippen LogP contribution in [0.25, 0.3) is 0 Å². The summed E-state index contributed by atoms with van der Waals surface area (Å²) in [5.41, 5.74) is 0. The van der Waals surface area contributed by atoms with E-state index < -0.39 is 0 Å². The Kier molecular flexibility index (Phi) is 5.66. The fourth-order valence-corrected chi connectivity index (χ4v) is 1.22. The summed E-state index contributed by atoms with van der Waals surface area (Å²) in [6.45, 7) is 0.730. The second-order valence-electron chi connectivity index (χ2n) is 3.35. The summed E-state index contributed by atoms with van der Waals surface area (Å²) in [4.78, 5) is 15.3. The number of ether oxygens (including phenoxy) is 2. The maximum absolute atomic E-state index is 11.2. The molecule has 0 fully saturated rings. The predicted molar refractivity (Wildman–Crippen MR) is 55.1 cm³/mol. The summed E-state index contributed by atoms with van der Waals surface area (Å²) in [5.74, 6) is 0.876. The summed E-state index contributed by atoms with van der Waals surface area (Å²) in [5, 5.41) is 3.77. The van der Waals surface area contributed by atoms with E-state index in [1.165, 1.54) is 7.11 Å². The van der Waals surface area contributed by atoms with Crippen LogP contribution in [0.15, 0.2) is 4.52 Å². The number of aryl methyl sites for hydroxylation is 1. The molecule has 1 rings (SSSR count). The van der Waals surface area contributed by atoms with Gasteiger partial charge in [-0.15, -0.1) is 0 Å². The van der Waals surface area contributed by atoms with Crippen molar-refractivity contribution in [2.24, 2.45) is 0 Å². The Balaban J connectivity index is 2.36. The molecule has 6 heteroatoms. The monoisotopic (exact) mass is 228 g/mol. The number of ketones is 1. The highest BCUT2D eigenvalue weighted by molar-refractivity contribution is 5.81. The predicted octanol–water partition coefficient (Wildman–Crippen LogP) is 0.407. The first-order valence-corrected chi connectivity index (χ1v) is 5.07. The van der Waals surface area contributed by atoms with Gasteiger partial charge < -0.3 is 14.0 Å². The van der Waals surface area contributed by atoms with Gasteiger partial charge in [-0.2, -0.15) is 4.98 Å². The van der Waals surface area contributed by atoms with E-state index in [9.17, 15) is 4.79 Å².